The van der Waals surface area contributed by atoms with E-state index in [9.17, 15) is 19.1 Å². The molecular weight excluding hydrogens is 287 g/mol. The van der Waals surface area contributed by atoms with E-state index in [-0.39, 0.29) is 17.0 Å². The van der Waals surface area contributed by atoms with Crippen LogP contribution in [-0.4, -0.2) is 22.0 Å². The number of phenolic OH excluding ortho intramolecular Hbond substituents is 1. The first kappa shape index (κ1) is 15.7. The molecule has 0 fully saturated rings. The van der Waals surface area contributed by atoms with Crippen molar-refractivity contribution in [1.29, 1.82) is 0 Å². The molecule has 0 amide bonds. The molecule has 0 saturated heterocycles. The van der Waals surface area contributed by atoms with Gasteiger partial charge in [0, 0.05) is 5.56 Å². The van der Waals surface area contributed by atoms with E-state index in [4.69, 9.17) is 5.11 Å². The average molecular weight is 302 g/mol. The molecule has 4 nitrogen and oxygen atoms in total. The van der Waals surface area contributed by atoms with Crippen molar-refractivity contribution in [3.8, 4) is 5.75 Å². The van der Waals surface area contributed by atoms with Crippen molar-refractivity contribution in [3.63, 3.8) is 0 Å². The van der Waals surface area contributed by atoms with Gasteiger partial charge in [0.25, 0.3) is 0 Å². The Morgan fingerprint density at radius 3 is 2.05 bits per heavy atom. The average Bonchev–Trinajstić information content (AvgIpc) is 2.46. The molecule has 114 valence electrons. The van der Waals surface area contributed by atoms with Gasteiger partial charge in [0.2, 0.25) is 0 Å². The Bertz CT molecular complexity index is 733. The Morgan fingerprint density at radius 1 is 1.00 bits per heavy atom. The maximum absolute atomic E-state index is 14.5. The summed E-state index contributed by atoms with van der Waals surface area (Å²) in [6, 6.07) is 7.85. The van der Waals surface area contributed by atoms with Gasteiger partial charge >= 0.3 is 5.97 Å². The molecule has 0 atom stereocenters. The smallest absolute Gasteiger partial charge is 0.335 e. The van der Waals surface area contributed by atoms with Crippen molar-refractivity contribution in [2.75, 3.05) is 0 Å². The van der Waals surface area contributed by atoms with Crippen molar-refractivity contribution in [3.05, 3.63) is 64.5 Å². The largest absolute Gasteiger partial charge is 0.507 e. The molecule has 2 aromatic rings. The zero-order chi connectivity index (χ0) is 16.4. The Hall–Kier alpha value is -2.69. The summed E-state index contributed by atoms with van der Waals surface area (Å²) in [4.78, 5) is 23.2. The van der Waals surface area contributed by atoms with E-state index in [1.54, 1.807) is 13.8 Å². The summed E-state index contributed by atoms with van der Waals surface area (Å²) < 4.78 is 14.5. The van der Waals surface area contributed by atoms with Crippen LogP contribution >= 0.6 is 0 Å². The quantitative estimate of drug-likeness (QED) is 0.846. The first-order valence-corrected chi connectivity index (χ1v) is 6.72. The number of phenols is 1. The molecule has 0 aliphatic rings. The maximum atomic E-state index is 14.5. The number of ketones is 1. The lowest BCUT2D eigenvalue weighted by Gasteiger charge is -2.12. The number of benzene rings is 2. The topological polar surface area (TPSA) is 74.6 Å². The number of carbonyl (C=O) groups is 2. The van der Waals surface area contributed by atoms with E-state index in [2.05, 4.69) is 0 Å². The minimum absolute atomic E-state index is 0.0252. The Morgan fingerprint density at radius 2 is 1.55 bits per heavy atom. The third-order valence-corrected chi connectivity index (χ3v) is 3.39. The monoisotopic (exact) mass is 302 g/mol. The van der Waals surface area contributed by atoms with Gasteiger partial charge in [-0.1, -0.05) is 32.0 Å². The summed E-state index contributed by atoms with van der Waals surface area (Å²) in [5, 5.41) is 18.6. The highest BCUT2D eigenvalue weighted by molar-refractivity contribution is 6.11. The molecule has 0 aliphatic heterocycles. The van der Waals surface area contributed by atoms with Gasteiger partial charge in [-0.25, -0.2) is 9.18 Å². The van der Waals surface area contributed by atoms with Crippen molar-refractivity contribution in [2.24, 2.45) is 0 Å². The summed E-state index contributed by atoms with van der Waals surface area (Å²) >= 11 is 0. The van der Waals surface area contributed by atoms with Crippen LogP contribution in [0, 0.1) is 5.82 Å². The number of aromatic hydroxyl groups is 1. The number of carboxylic acid groups (broad SMARTS) is 1. The lowest BCUT2D eigenvalue weighted by atomic mass is 9.94. The Labute approximate surface area is 126 Å². The number of carboxylic acids is 1. The second kappa shape index (κ2) is 5.97. The number of hydrogen-bond donors (Lipinski definition) is 2. The lowest BCUT2D eigenvalue weighted by molar-refractivity contribution is 0.0696. The van der Waals surface area contributed by atoms with Crippen LogP contribution < -0.4 is 0 Å². The second-order valence-electron chi connectivity index (χ2n) is 5.23. The number of hydrogen-bond acceptors (Lipinski definition) is 3. The standard InChI is InChI=1S/C17H15FO4/c1-9(2)12-7-8-13(19)14(15(12)18)16(20)10-3-5-11(6-4-10)17(21)22/h3-9,19H,1-2H3,(H,21,22). The fourth-order valence-corrected chi connectivity index (χ4v) is 2.15. The summed E-state index contributed by atoms with van der Waals surface area (Å²) in [5.41, 5.74) is 0.0786. The number of carbonyl (C=O) groups excluding carboxylic acids is 1. The van der Waals surface area contributed by atoms with Crippen molar-refractivity contribution >= 4 is 11.8 Å². The third-order valence-electron chi connectivity index (χ3n) is 3.39. The molecule has 2 rings (SSSR count). The molecule has 0 spiro atoms. The first-order valence-electron chi connectivity index (χ1n) is 6.72. The number of halogens is 1. The summed E-state index contributed by atoms with van der Waals surface area (Å²) in [5.74, 6) is -3.12. The SMILES string of the molecule is CC(C)c1ccc(O)c(C(=O)c2ccc(C(=O)O)cc2)c1F. The molecule has 5 heteroatoms. The molecule has 0 bridgehead atoms. The van der Waals surface area contributed by atoms with E-state index < -0.39 is 28.9 Å². The van der Waals surface area contributed by atoms with Crippen LogP contribution in [0.3, 0.4) is 0 Å². The van der Waals surface area contributed by atoms with Crippen molar-refractivity contribution < 1.29 is 24.2 Å². The number of rotatable bonds is 4. The predicted octanol–water partition coefficient (Wildman–Crippen LogP) is 3.58. The minimum Gasteiger partial charge on any atom is -0.507 e. The Kier molecular flexibility index (Phi) is 4.26. The molecule has 2 aromatic carbocycles. The van der Waals surface area contributed by atoms with Gasteiger partial charge in [-0.3, -0.25) is 4.79 Å². The van der Waals surface area contributed by atoms with E-state index in [0.29, 0.717) is 5.56 Å². The molecular formula is C17H15FO4. The Balaban J connectivity index is 2.49. The van der Waals surface area contributed by atoms with E-state index >= 15 is 0 Å². The van der Waals surface area contributed by atoms with Gasteiger partial charge in [0.15, 0.2) is 5.78 Å². The summed E-state index contributed by atoms with van der Waals surface area (Å²) in [7, 11) is 0. The molecule has 0 aliphatic carbocycles. The van der Waals surface area contributed by atoms with Crippen LogP contribution in [0.15, 0.2) is 36.4 Å². The molecule has 0 heterocycles. The van der Waals surface area contributed by atoms with E-state index in [1.807, 2.05) is 0 Å². The van der Waals surface area contributed by atoms with Gasteiger partial charge in [0.1, 0.15) is 17.1 Å². The van der Waals surface area contributed by atoms with Crippen LogP contribution in [0.1, 0.15) is 51.6 Å². The zero-order valence-corrected chi connectivity index (χ0v) is 12.1. The summed E-state index contributed by atoms with van der Waals surface area (Å²) in [6.07, 6.45) is 0. The molecule has 0 radical (unpaired) electrons. The molecule has 0 aromatic heterocycles. The van der Waals surface area contributed by atoms with E-state index in [1.165, 1.54) is 36.4 Å². The third kappa shape index (κ3) is 2.83. The van der Waals surface area contributed by atoms with Gasteiger partial charge in [-0.05, 0) is 29.7 Å². The highest BCUT2D eigenvalue weighted by atomic mass is 19.1. The van der Waals surface area contributed by atoms with E-state index in [0.717, 1.165) is 0 Å². The molecule has 22 heavy (non-hydrogen) atoms. The highest BCUT2D eigenvalue weighted by Crippen LogP contribution is 2.29. The van der Waals surface area contributed by atoms with Gasteiger partial charge in [0.05, 0.1) is 5.56 Å². The van der Waals surface area contributed by atoms with Crippen LogP contribution in [0.25, 0.3) is 0 Å². The van der Waals surface area contributed by atoms with Crippen molar-refractivity contribution in [2.45, 2.75) is 19.8 Å². The van der Waals surface area contributed by atoms with Crippen LogP contribution in [-0.2, 0) is 0 Å². The van der Waals surface area contributed by atoms with Gasteiger partial charge in [-0.15, -0.1) is 0 Å². The van der Waals surface area contributed by atoms with Crippen molar-refractivity contribution in [1.82, 2.24) is 0 Å². The minimum atomic E-state index is -1.12. The van der Waals surface area contributed by atoms with Crippen LogP contribution in [0.4, 0.5) is 4.39 Å². The first-order chi connectivity index (χ1) is 10.3. The molecule has 2 N–H and O–H groups in total. The number of aromatic carboxylic acids is 1. The normalized spacial score (nSPS) is 10.7. The zero-order valence-electron chi connectivity index (χ0n) is 12.1. The molecule has 0 saturated carbocycles. The van der Waals surface area contributed by atoms with Crippen LogP contribution in [0.5, 0.6) is 5.75 Å². The molecule has 0 unspecified atom stereocenters. The summed E-state index contributed by atoms with van der Waals surface area (Å²) in [6.45, 7) is 3.57. The maximum Gasteiger partial charge on any atom is 0.335 e. The predicted molar refractivity (Wildman–Crippen MR) is 79.0 cm³/mol. The fraction of sp³-hybridized carbons (Fsp3) is 0.176. The van der Waals surface area contributed by atoms with Gasteiger partial charge in [-0.2, -0.15) is 0 Å². The lowest BCUT2D eigenvalue weighted by Crippen LogP contribution is -2.08. The van der Waals surface area contributed by atoms with Gasteiger partial charge < -0.3 is 10.2 Å². The fourth-order valence-electron chi connectivity index (χ4n) is 2.15. The van der Waals surface area contributed by atoms with Crippen LogP contribution in [0.2, 0.25) is 0 Å². The highest BCUT2D eigenvalue weighted by Gasteiger charge is 2.22. The second-order valence-corrected chi connectivity index (χ2v) is 5.23.